The van der Waals surface area contributed by atoms with Gasteiger partial charge in [-0.05, 0) is 13.8 Å². The molecule has 0 aliphatic carbocycles. The maximum Gasteiger partial charge on any atom is 0.228 e. The van der Waals surface area contributed by atoms with Crippen molar-refractivity contribution in [3.8, 4) is 0 Å². The van der Waals surface area contributed by atoms with E-state index >= 15 is 0 Å². The lowest BCUT2D eigenvalue weighted by atomic mass is 10.1. The number of carbonyl (C=O) groups excluding carboxylic acids is 2. The maximum atomic E-state index is 12.3. The number of hydrogen-bond donors (Lipinski definition) is 0. The average Bonchev–Trinajstić information content (AvgIpc) is 2.70. The lowest BCUT2D eigenvalue weighted by Crippen LogP contribution is -2.38. The number of hydrogen-bond acceptors (Lipinski definition) is 2. The zero-order chi connectivity index (χ0) is 13.7. The summed E-state index contributed by atoms with van der Waals surface area (Å²) in [6.07, 6.45) is 3.71. The SMILES string of the molecule is C=CCN(CC=C)C(=O)[C@@H]1CC(=O)N(C(C)C)C1. The summed E-state index contributed by atoms with van der Waals surface area (Å²) in [6, 6.07) is 0.155. The molecule has 1 saturated heterocycles. The van der Waals surface area contributed by atoms with Gasteiger partial charge in [-0.3, -0.25) is 9.59 Å². The maximum absolute atomic E-state index is 12.3. The predicted octanol–water partition coefficient (Wildman–Crippen LogP) is 1.44. The van der Waals surface area contributed by atoms with Crippen molar-refractivity contribution in [3.05, 3.63) is 25.3 Å². The van der Waals surface area contributed by atoms with E-state index in [4.69, 9.17) is 0 Å². The Morgan fingerprint density at radius 3 is 2.39 bits per heavy atom. The zero-order valence-corrected chi connectivity index (χ0v) is 11.3. The van der Waals surface area contributed by atoms with Crippen molar-refractivity contribution in [3.63, 3.8) is 0 Å². The van der Waals surface area contributed by atoms with Gasteiger partial charge in [0.1, 0.15) is 0 Å². The van der Waals surface area contributed by atoms with Gasteiger partial charge in [0.05, 0.1) is 5.92 Å². The van der Waals surface area contributed by atoms with Gasteiger partial charge in [0, 0.05) is 32.1 Å². The van der Waals surface area contributed by atoms with Gasteiger partial charge in [-0.15, -0.1) is 13.2 Å². The topological polar surface area (TPSA) is 40.6 Å². The third-order valence-electron chi connectivity index (χ3n) is 3.14. The van der Waals surface area contributed by atoms with Crippen molar-refractivity contribution in [1.82, 2.24) is 9.80 Å². The molecule has 1 atom stereocenters. The van der Waals surface area contributed by atoms with Crippen LogP contribution in [0.2, 0.25) is 0 Å². The van der Waals surface area contributed by atoms with E-state index in [1.54, 1.807) is 22.0 Å². The highest BCUT2D eigenvalue weighted by atomic mass is 16.2. The van der Waals surface area contributed by atoms with E-state index in [1.807, 2.05) is 13.8 Å². The standard InChI is InChI=1S/C14H22N2O2/c1-5-7-15(8-6-2)14(18)12-9-13(17)16(10-12)11(3)4/h5-6,11-12H,1-2,7-10H2,3-4H3/t12-/m1/s1. The van der Waals surface area contributed by atoms with Gasteiger partial charge in [0.2, 0.25) is 11.8 Å². The Kier molecular flexibility index (Phi) is 5.13. The average molecular weight is 250 g/mol. The molecule has 0 aromatic carbocycles. The first-order valence-corrected chi connectivity index (χ1v) is 6.31. The Balaban J connectivity index is 2.69. The molecule has 1 aliphatic rings. The quantitative estimate of drug-likeness (QED) is 0.669. The summed E-state index contributed by atoms with van der Waals surface area (Å²) in [5.41, 5.74) is 0. The zero-order valence-electron chi connectivity index (χ0n) is 11.3. The third-order valence-corrected chi connectivity index (χ3v) is 3.14. The fraction of sp³-hybridized carbons (Fsp3) is 0.571. The Bertz CT molecular complexity index is 340. The normalized spacial score (nSPS) is 19.2. The molecule has 1 rings (SSSR count). The second kappa shape index (κ2) is 6.38. The molecule has 1 fully saturated rings. The van der Waals surface area contributed by atoms with Gasteiger partial charge in [0.25, 0.3) is 0 Å². The van der Waals surface area contributed by atoms with Crippen LogP contribution in [0.4, 0.5) is 0 Å². The largest absolute Gasteiger partial charge is 0.339 e. The summed E-state index contributed by atoms with van der Waals surface area (Å²) in [5.74, 6) is -0.133. The van der Waals surface area contributed by atoms with Gasteiger partial charge in [0.15, 0.2) is 0 Å². The van der Waals surface area contributed by atoms with E-state index in [9.17, 15) is 9.59 Å². The van der Waals surface area contributed by atoms with Crippen molar-refractivity contribution in [2.45, 2.75) is 26.3 Å². The molecule has 0 N–H and O–H groups in total. The second-order valence-electron chi connectivity index (χ2n) is 4.86. The molecule has 1 aliphatic heterocycles. The van der Waals surface area contributed by atoms with Crippen LogP contribution in [-0.4, -0.2) is 47.3 Å². The summed E-state index contributed by atoms with van der Waals surface area (Å²) in [6.45, 7) is 12.7. The van der Waals surface area contributed by atoms with Crippen LogP contribution in [-0.2, 0) is 9.59 Å². The summed E-state index contributed by atoms with van der Waals surface area (Å²) >= 11 is 0. The van der Waals surface area contributed by atoms with E-state index < -0.39 is 0 Å². The van der Waals surface area contributed by atoms with E-state index in [-0.39, 0.29) is 23.8 Å². The van der Waals surface area contributed by atoms with Crippen molar-refractivity contribution < 1.29 is 9.59 Å². The van der Waals surface area contributed by atoms with Crippen LogP contribution in [0, 0.1) is 5.92 Å². The van der Waals surface area contributed by atoms with Crippen LogP contribution >= 0.6 is 0 Å². The third kappa shape index (κ3) is 3.22. The van der Waals surface area contributed by atoms with Crippen molar-refractivity contribution in [2.24, 2.45) is 5.92 Å². The number of carbonyl (C=O) groups is 2. The lowest BCUT2D eigenvalue weighted by molar-refractivity contribution is -0.134. The predicted molar refractivity (Wildman–Crippen MR) is 71.9 cm³/mol. The highest BCUT2D eigenvalue weighted by Crippen LogP contribution is 2.22. The molecule has 0 aromatic heterocycles. The molecule has 4 nitrogen and oxygen atoms in total. The summed E-state index contributed by atoms with van der Waals surface area (Å²) in [5, 5.41) is 0. The van der Waals surface area contributed by atoms with Crippen LogP contribution in [0.5, 0.6) is 0 Å². The molecule has 0 aromatic rings. The molecular weight excluding hydrogens is 228 g/mol. The van der Waals surface area contributed by atoms with Crippen LogP contribution in [0.25, 0.3) is 0 Å². The number of likely N-dealkylation sites (tertiary alicyclic amines) is 1. The minimum absolute atomic E-state index is 0.0197. The molecule has 0 bridgehead atoms. The number of rotatable bonds is 6. The molecule has 0 saturated carbocycles. The van der Waals surface area contributed by atoms with Crippen LogP contribution in [0.3, 0.4) is 0 Å². The van der Waals surface area contributed by atoms with Gasteiger partial charge in [-0.2, -0.15) is 0 Å². The molecule has 100 valence electrons. The summed E-state index contributed by atoms with van der Waals surface area (Å²) in [7, 11) is 0. The van der Waals surface area contributed by atoms with Gasteiger partial charge in [-0.1, -0.05) is 12.2 Å². The molecule has 18 heavy (non-hydrogen) atoms. The first-order valence-electron chi connectivity index (χ1n) is 6.31. The summed E-state index contributed by atoms with van der Waals surface area (Å²) in [4.78, 5) is 27.5. The molecular formula is C14H22N2O2. The van der Waals surface area contributed by atoms with E-state index in [0.717, 1.165) is 0 Å². The van der Waals surface area contributed by atoms with Gasteiger partial charge in [-0.25, -0.2) is 0 Å². The monoisotopic (exact) mass is 250 g/mol. The van der Waals surface area contributed by atoms with Gasteiger partial charge >= 0.3 is 0 Å². The first kappa shape index (κ1) is 14.5. The Hall–Kier alpha value is -1.58. The smallest absolute Gasteiger partial charge is 0.228 e. The van der Waals surface area contributed by atoms with Crippen LogP contribution < -0.4 is 0 Å². The van der Waals surface area contributed by atoms with Crippen molar-refractivity contribution in [2.75, 3.05) is 19.6 Å². The van der Waals surface area contributed by atoms with Crippen molar-refractivity contribution >= 4 is 11.8 Å². The highest BCUT2D eigenvalue weighted by Gasteiger charge is 2.36. The highest BCUT2D eigenvalue weighted by molar-refractivity contribution is 5.89. The molecule has 2 amide bonds. The van der Waals surface area contributed by atoms with E-state index in [1.165, 1.54) is 0 Å². The molecule has 1 heterocycles. The first-order chi connectivity index (χ1) is 8.51. The minimum atomic E-state index is -0.222. The fourth-order valence-electron chi connectivity index (χ4n) is 2.22. The molecule has 0 spiro atoms. The fourth-order valence-corrected chi connectivity index (χ4v) is 2.22. The number of amides is 2. The number of nitrogens with zero attached hydrogens (tertiary/aromatic N) is 2. The Morgan fingerprint density at radius 2 is 2.00 bits per heavy atom. The molecule has 0 unspecified atom stereocenters. The van der Waals surface area contributed by atoms with E-state index in [2.05, 4.69) is 13.2 Å². The summed E-state index contributed by atoms with van der Waals surface area (Å²) < 4.78 is 0. The van der Waals surface area contributed by atoms with E-state index in [0.29, 0.717) is 26.1 Å². The minimum Gasteiger partial charge on any atom is -0.339 e. The van der Waals surface area contributed by atoms with Gasteiger partial charge < -0.3 is 9.80 Å². The Morgan fingerprint density at radius 1 is 1.44 bits per heavy atom. The van der Waals surface area contributed by atoms with Crippen molar-refractivity contribution in [1.29, 1.82) is 0 Å². The molecule has 0 radical (unpaired) electrons. The molecule has 4 heteroatoms. The van der Waals surface area contributed by atoms with Crippen LogP contribution in [0.1, 0.15) is 20.3 Å². The van der Waals surface area contributed by atoms with Crippen LogP contribution in [0.15, 0.2) is 25.3 Å². The lowest BCUT2D eigenvalue weighted by Gasteiger charge is -2.24. The second-order valence-corrected chi connectivity index (χ2v) is 4.86. The Labute approximate surface area is 109 Å².